The summed E-state index contributed by atoms with van der Waals surface area (Å²) >= 11 is 2.40. The van der Waals surface area contributed by atoms with Gasteiger partial charge in [-0.2, -0.15) is 0 Å². The Morgan fingerprint density at radius 1 is 0.667 bits per heavy atom. The largest absolute Gasteiger partial charge is 0.147 e. The molecule has 0 amide bonds. The minimum absolute atomic E-state index is 0. The molecule has 4 rings (SSSR count). The molecule has 0 nitrogen and oxygen atoms in total. The van der Waals surface area contributed by atoms with Gasteiger partial charge < -0.3 is 0 Å². The zero-order chi connectivity index (χ0) is 19.2. The average Bonchev–Trinajstić information content (AvgIpc) is 2.91. The normalized spacial score (nSPS) is 16.3. The van der Waals surface area contributed by atoms with Crippen LogP contribution in [-0.2, 0) is 24.2 Å². The molecule has 157 valence electrons. The van der Waals surface area contributed by atoms with Gasteiger partial charge in [-0.15, -0.1) is 37.2 Å². The monoisotopic (exact) mass is 493 g/mol. The van der Waals surface area contributed by atoms with Crippen LogP contribution in [0.15, 0.2) is 66.7 Å². The molecule has 1 aliphatic rings. The van der Waals surface area contributed by atoms with Gasteiger partial charge in [-0.1, -0.05) is 0 Å². The van der Waals surface area contributed by atoms with E-state index in [4.69, 9.17) is 0 Å². The maximum atomic E-state index is 2.41. The first-order valence-electron chi connectivity index (χ1n) is 9.57. The molecule has 0 fully saturated rings. The molecule has 0 saturated heterocycles. The summed E-state index contributed by atoms with van der Waals surface area (Å²) in [6, 6.07) is 22.9. The van der Waals surface area contributed by atoms with Crippen molar-refractivity contribution in [3.63, 3.8) is 0 Å². The minimum Gasteiger partial charge on any atom is -0.147 e. The second kappa shape index (κ2) is 10.5. The molecule has 0 bridgehead atoms. The number of benzene rings is 3. The molecule has 0 N–H and O–H groups in total. The van der Waals surface area contributed by atoms with Crippen LogP contribution in [0.4, 0.5) is 0 Å². The Labute approximate surface area is 211 Å². The van der Waals surface area contributed by atoms with Gasteiger partial charge in [0.25, 0.3) is 0 Å². The van der Waals surface area contributed by atoms with Gasteiger partial charge in [-0.3, -0.25) is 0 Å². The molecule has 0 heterocycles. The minimum atomic E-state index is -0.0585. The quantitative estimate of drug-likeness (QED) is 0.326. The maximum Gasteiger partial charge on any atom is -0.147 e. The SMILES string of the molecule is Cc1cc(C)cc(C(c2cc(C)cc(C)c2)[C]2([Ti])C=Cc3ccccc32)c1.Cl.Cl.Cl. The number of aryl methyl sites for hydroxylation is 4. The van der Waals surface area contributed by atoms with Gasteiger partial charge in [-0.05, 0) is 0 Å². The second-order valence-corrected chi connectivity index (χ2v) is 9.36. The summed E-state index contributed by atoms with van der Waals surface area (Å²) in [6.07, 6.45) is 4.71. The van der Waals surface area contributed by atoms with Gasteiger partial charge in [-0.25, -0.2) is 0 Å². The third kappa shape index (κ3) is 5.06. The summed E-state index contributed by atoms with van der Waals surface area (Å²) in [4.78, 5) is 0. The summed E-state index contributed by atoms with van der Waals surface area (Å²) in [6.45, 7) is 8.82. The number of hydrogen-bond acceptors (Lipinski definition) is 0. The molecule has 3 aromatic carbocycles. The molecule has 0 aromatic heterocycles. The number of rotatable bonds is 3. The van der Waals surface area contributed by atoms with Crippen molar-refractivity contribution in [3.8, 4) is 0 Å². The Balaban J connectivity index is 0.00000150. The van der Waals surface area contributed by atoms with E-state index in [1.165, 1.54) is 44.5 Å². The van der Waals surface area contributed by atoms with Crippen molar-refractivity contribution >= 4 is 43.3 Å². The predicted molar refractivity (Wildman–Crippen MR) is 133 cm³/mol. The smallest absolute Gasteiger partial charge is 0.147 e. The molecule has 0 saturated carbocycles. The van der Waals surface area contributed by atoms with Crippen LogP contribution in [0.5, 0.6) is 0 Å². The first-order valence-corrected chi connectivity index (χ1v) is 10.3. The van der Waals surface area contributed by atoms with E-state index in [9.17, 15) is 0 Å². The summed E-state index contributed by atoms with van der Waals surface area (Å²) in [7, 11) is 0. The van der Waals surface area contributed by atoms with Crippen molar-refractivity contribution in [1.82, 2.24) is 0 Å². The van der Waals surface area contributed by atoms with Gasteiger partial charge in [0.1, 0.15) is 0 Å². The molecule has 3 aromatic rings. The van der Waals surface area contributed by atoms with Crippen molar-refractivity contribution in [2.24, 2.45) is 0 Å². The van der Waals surface area contributed by atoms with Gasteiger partial charge in [0.05, 0.1) is 0 Å². The summed E-state index contributed by atoms with van der Waals surface area (Å²) in [5.74, 6) is 0.287. The number of allylic oxidation sites excluding steroid dienone is 1. The van der Waals surface area contributed by atoms with Gasteiger partial charge >= 0.3 is 175 Å². The van der Waals surface area contributed by atoms with Crippen LogP contribution in [-0.4, -0.2) is 0 Å². The maximum absolute atomic E-state index is 2.41. The van der Waals surface area contributed by atoms with Crippen molar-refractivity contribution in [3.05, 3.63) is 111 Å². The summed E-state index contributed by atoms with van der Waals surface area (Å²) < 4.78 is -0.0585. The van der Waals surface area contributed by atoms with Crippen molar-refractivity contribution in [1.29, 1.82) is 0 Å². The molecular weight excluding hydrogens is 467 g/mol. The molecule has 0 aliphatic heterocycles. The molecule has 1 unspecified atom stereocenters. The number of halogens is 3. The molecule has 1 aliphatic carbocycles. The summed E-state index contributed by atoms with van der Waals surface area (Å²) in [5, 5.41) is 0. The van der Waals surface area contributed by atoms with Crippen LogP contribution in [0.25, 0.3) is 6.08 Å². The summed E-state index contributed by atoms with van der Waals surface area (Å²) in [5.41, 5.74) is 10.9. The molecular formula is C26H28Cl3Ti. The first-order chi connectivity index (χ1) is 12.9. The van der Waals surface area contributed by atoms with Crippen LogP contribution in [0.1, 0.15) is 50.4 Å². The van der Waals surface area contributed by atoms with E-state index >= 15 is 0 Å². The van der Waals surface area contributed by atoms with E-state index < -0.39 is 0 Å². The van der Waals surface area contributed by atoms with Crippen molar-refractivity contribution in [2.45, 2.75) is 37.3 Å². The van der Waals surface area contributed by atoms with Crippen LogP contribution in [0.3, 0.4) is 0 Å². The van der Waals surface area contributed by atoms with E-state index in [1.807, 2.05) is 0 Å². The third-order valence-corrected chi connectivity index (χ3v) is 6.67. The van der Waals surface area contributed by atoms with Crippen LogP contribution in [0.2, 0.25) is 0 Å². The standard InChI is InChI=1S/C26H25.3ClH.Ti/c1-17-11-18(2)14-22(13-17)26(23-15-19(3)12-20(4)16-23)25-10-9-21-7-5-6-8-24(21)25;;;;/h5-16,26H,1-4H3;3*1H;. The van der Waals surface area contributed by atoms with E-state index in [1.54, 1.807) is 0 Å². The van der Waals surface area contributed by atoms with Gasteiger partial charge in [0.15, 0.2) is 0 Å². The molecule has 30 heavy (non-hydrogen) atoms. The molecule has 0 spiro atoms. The zero-order valence-corrected chi connectivity index (χ0v) is 21.7. The van der Waals surface area contributed by atoms with Gasteiger partial charge in [0, 0.05) is 0 Å². The Kier molecular flexibility index (Phi) is 9.49. The Bertz CT molecular complexity index is 966. The predicted octanol–water partition coefficient (Wildman–Crippen LogP) is 7.79. The van der Waals surface area contributed by atoms with E-state index in [2.05, 4.69) is 121 Å². The van der Waals surface area contributed by atoms with E-state index in [-0.39, 0.29) is 46.9 Å². The van der Waals surface area contributed by atoms with Crippen LogP contribution < -0.4 is 0 Å². The topological polar surface area (TPSA) is 0 Å². The molecule has 4 heteroatoms. The fourth-order valence-electron chi connectivity index (χ4n) is 4.65. The van der Waals surface area contributed by atoms with Crippen LogP contribution >= 0.6 is 37.2 Å². The van der Waals surface area contributed by atoms with E-state index in [0.717, 1.165) is 0 Å². The van der Waals surface area contributed by atoms with Crippen molar-refractivity contribution < 1.29 is 20.4 Å². The first kappa shape index (κ1) is 27.0. The average molecular weight is 495 g/mol. The molecule has 0 radical (unpaired) electrons. The zero-order valence-electron chi connectivity index (χ0n) is 17.7. The molecule has 1 atom stereocenters. The Morgan fingerprint density at radius 3 is 1.57 bits per heavy atom. The Hall–Kier alpha value is -1.02. The van der Waals surface area contributed by atoms with E-state index in [0.29, 0.717) is 0 Å². The fraction of sp³-hybridized carbons (Fsp3) is 0.231. The number of hydrogen-bond donors (Lipinski definition) is 0. The van der Waals surface area contributed by atoms with Crippen LogP contribution in [0, 0.1) is 27.7 Å². The third-order valence-electron chi connectivity index (χ3n) is 5.54. The second-order valence-electron chi connectivity index (χ2n) is 8.06. The van der Waals surface area contributed by atoms with Gasteiger partial charge in [0.2, 0.25) is 0 Å². The number of fused-ring (bicyclic) bond motifs is 1. The fourth-order valence-corrected chi connectivity index (χ4v) is 5.66. The Morgan fingerprint density at radius 2 is 1.10 bits per heavy atom. The van der Waals surface area contributed by atoms with Crippen molar-refractivity contribution in [2.75, 3.05) is 0 Å².